The molecule has 0 fully saturated rings. The Hall–Kier alpha value is -1.87. The zero-order chi connectivity index (χ0) is 14.7. The molecule has 0 aliphatic rings. The van der Waals surface area contributed by atoms with Gasteiger partial charge in [-0.1, -0.05) is 66.2 Å². The van der Waals surface area contributed by atoms with E-state index in [1.54, 1.807) is 0 Å². The molecule has 0 saturated carbocycles. The molecule has 106 valence electrons. The fraction of sp³-hybridized carbons (Fsp3) is 0.111. The maximum Gasteiger partial charge on any atom is 0.0501 e. The number of fused-ring (bicyclic) bond motifs is 1. The summed E-state index contributed by atoms with van der Waals surface area (Å²) < 4.78 is 0. The van der Waals surface area contributed by atoms with Gasteiger partial charge in [0.25, 0.3) is 0 Å². The average Bonchev–Trinajstić information content (AvgIpc) is 2.52. The topological polar surface area (TPSA) is 38.0 Å². The average molecular weight is 297 g/mol. The molecule has 0 bridgehead atoms. The van der Waals surface area contributed by atoms with Crippen molar-refractivity contribution in [1.29, 1.82) is 0 Å². The summed E-state index contributed by atoms with van der Waals surface area (Å²) in [7, 11) is 0. The first-order valence-electron chi connectivity index (χ1n) is 6.96. The van der Waals surface area contributed by atoms with Crippen molar-refractivity contribution in [3.63, 3.8) is 0 Å². The third-order valence-electron chi connectivity index (χ3n) is 3.76. The smallest absolute Gasteiger partial charge is 0.0501 e. The number of nitrogens with one attached hydrogen (secondary N) is 1. The van der Waals surface area contributed by atoms with Crippen LogP contribution in [0.15, 0.2) is 66.7 Å². The molecule has 3 aromatic carbocycles. The van der Waals surface area contributed by atoms with E-state index < -0.39 is 0 Å². The van der Waals surface area contributed by atoms with Crippen LogP contribution in [0.2, 0.25) is 5.02 Å². The number of benzene rings is 3. The van der Waals surface area contributed by atoms with Crippen molar-refractivity contribution < 1.29 is 0 Å². The van der Waals surface area contributed by atoms with Crippen LogP contribution in [0.1, 0.15) is 17.2 Å². The monoisotopic (exact) mass is 296 g/mol. The Morgan fingerprint density at radius 2 is 1.71 bits per heavy atom. The molecule has 2 nitrogen and oxygen atoms in total. The Kier molecular flexibility index (Phi) is 4.20. The zero-order valence-electron chi connectivity index (χ0n) is 11.6. The van der Waals surface area contributed by atoms with E-state index in [-0.39, 0.29) is 6.04 Å². The number of hydrogen-bond acceptors (Lipinski definition) is 2. The number of halogens is 1. The largest absolute Gasteiger partial charge is 0.271 e. The Balaban J connectivity index is 1.96. The van der Waals surface area contributed by atoms with E-state index in [9.17, 15) is 0 Å². The normalized spacial score (nSPS) is 12.5. The van der Waals surface area contributed by atoms with E-state index in [2.05, 4.69) is 47.9 Å². The molecule has 0 aromatic heterocycles. The van der Waals surface area contributed by atoms with Gasteiger partial charge >= 0.3 is 0 Å². The summed E-state index contributed by atoms with van der Waals surface area (Å²) in [6, 6.07) is 22.6. The van der Waals surface area contributed by atoms with Crippen LogP contribution in [0.25, 0.3) is 10.8 Å². The second-order valence-electron chi connectivity index (χ2n) is 5.12. The van der Waals surface area contributed by atoms with Crippen molar-refractivity contribution >= 4 is 22.4 Å². The Labute approximate surface area is 129 Å². The van der Waals surface area contributed by atoms with Gasteiger partial charge in [0.2, 0.25) is 0 Å². The van der Waals surface area contributed by atoms with Gasteiger partial charge in [0, 0.05) is 5.02 Å². The van der Waals surface area contributed by atoms with E-state index in [4.69, 9.17) is 17.4 Å². The lowest BCUT2D eigenvalue weighted by Crippen LogP contribution is -2.29. The van der Waals surface area contributed by atoms with Crippen LogP contribution in [-0.4, -0.2) is 0 Å². The fourth-order valence-electron chi connectivity index (χ4n) is 2.69. The van der Waals surface area contributed by atoms with Crippen LogP contribution in [0.5, 0.6) is 0 Å². The predicted molar refractivity (Wildman–Crippen MR) is 89.2 cm³/mol. The lowest BCUT2D eigenvalue weighted by atomic mass is 9.95. The van der Waals surface area contributed by atoms with E-state index in [1.807, 2.05) is 24.3 Å². The highest BCUT2D eigenvalue weighted by Crippen LogP contribution is 2.25. The minimum absolute atomic E-state index is 0.0366. The molecule has 3 aromatic rings. The lowest BCUT2D eigenvalue weighted by Gasteiger charge is -2.18. The third-order valence-corrected chi connectivity index (χ3v) is 3.99. The van der Waals surface area contributed by atoms with Crippen molar-refractivity contribution in [1.82, 2.24) is 5.43 Å². The molecule has 0 aliphatic carbocycles. The first-order valence-corrected chi connectivity index (χ1v) is 7.34. The van der Waals surface area contributed by atoms with Crippen LogP contribution in [0.4, 0.5) is 0 Å². The molecule has 3 N–H and O–H groups in total. The molecular weight excluding hydrogens is 280 g/mol. The molecule has 3 rings (SSSR count). The number of rotatable bonds is 4. The standard InChI is InChI=1S/C18H17ClN2/c19-16-9-4-8-15(11-16)18(21-20)12-14-7-3-6-13-5-1-2-10-17(13)14/h1-11,18,21H,12,20H2. The summed E-state index contributed by atoms with van der Waals surface area (Å²) in [5, 5.41) is 3.24. The predicted octanol–water partition coefficient (Wildman–Crippen LogP) is 4.24. The first-order chi connectivity index (χ1) is 10.3. The van der Waals surface area contributed by atoms with Crippen molar-refractivity contribution in [2.45, 2.75) is 12.5 Å². The van der Waals surface area contributed by atoms with E-state index in [0.29, 0.717) is 0 Å². The fourth-order valence-corrected chi connectivity index (χ4v) is 2.89. The Morgan fingerprint density at radius 1 is 0.952 bits per heavy atom. The summed E-state index contributed by atoms with van der Waals surface area (Å²) >= 11 is 6.08. The van der Waals surface area contributed by atoms with Crippen molar-refractivity contribution in [2.24, 2.45) is 5.84 Å². The van der Waals surface area contributed by atoms with Gasteiger partial charge in [-0.3, -0.25) is 11.3 Å². The van der Waals surface area contributed by atoms with Crippen LogP contribution in [0.3, 0.4) is 0 Å². The van der Waals surface area contributed by atoms with Crippen LogP contribution in [-0.2, 0) is 6.42 Å². The van der Waals surface area contributed by atoms with Gasteiger partial charge in [0.1, 0.15) is 0 Å². The maximum atomic E-state index is 6.08. The molecule has 0 radical (unpaired) electrons. The molecule has 21 heavy (non-hydrogen) atoms. The second kappa shape index (κ2) is 6.27. The lowest BCUT2D eigenvalue weighted by molar-refractivity contribution is 0.553. The SMILES string of the molecule is NNC(Cc1cccc2ccccc12)c1cccc(Cl)c1. The van der Waals surface area contributed by atoms with Gasteiger partial charge in [0.05, 0.1) is 6.04 Å². The van der Waals surface area contributed by atoms with E-state index in [0.717, 1.165) is 17.0 Å². The van der Waals surface area contributed by atoms with Gasteiger partial charge < -0.3 is 0 Å². The van der Waals surface area contributed by atoms with Crippen molar-refractivity contribution in [3.8, 4) is 0 Å². The zero-order valence-corrected chi connectivity index (χ0v) is 12.3. The summed E-state index contributed by atoms with van der Waals surface area (Å²) in [4.78, 5) is 0. The minimum atomic E-state index is 0.0366. The van der Waals surface area contributed by atoms with Gasteiger partial charge in [-0.15, -0.1) is 0 Å². The molecule has 1 unspecified atom stereocenters. The van der Waals surface area contributed by atoms with Crippen molar-refractivity contribution in [2.75, 3.05) is 0 Å². The molecule has 0 amide bonds. The highest BCUT2D eigenvalue weighted by molar-refractivity contribution is 6.30. The van der Waals surface area contributed by atoms with Gasteiger partial charge in [-0.05, 0) is 40.5 Å². The Morgan fingerprint density at radius 3 is 2.52 bits per heavy atom. The summed E-state index contributed by atoms with van der Waals surface area (Å²) in [6.07, 6.45) is 0.818. The summed E-state index contributed by atoms with van der Waals surface area (Å²) in [5.74, 6) is 5.75. The minimum Gasteiger partial charge on any atom is -0.271 e. The summed E-state index contributed by atoms with van der Waals surface area (Å²) in [5.41, 5.74) is 5.27. The maximum absolute atomic E-state index is 6.08. The number of hydrazine groups is 1. The number of hydrogen-bond donors (Lipinski definition) is 2. The van der Waals surface area contributed by atoms with Gasteiger partial charge in [-0.2, -0.15) is 0 Å². The number of nitrogens with two attached hydrogens (primary N) is 1. The quantitative estimate of drug-likeness (QED) is 0.558. The Bertz CT molecular complexity index is 750. The molecule has 0 saturated heterocycles. The van der Waals surface area contributed by atoms with Crippen LogP contribution < -0.4 is 11.3 Å². The first kappa shape index (κ1) is 14.1. The van der Waals surface area contributed by atoms with Crippen LogP contribution >= 0.6 is 11.6 Å². The van der Waals surface area contributed by atoms with Crippen molar-refractivity contribution in [3.05, 3.63) is 82.9 Å². The molecule has 3 heteroatoms. The van der Waals surface area contributed by atoms with Crippen LogP contribution in [0, 0.1) is 0 Å². The summed E-state index contributed by atoms with van der Waals surface area (Å²) in [6.45, 7) is 0. The molecule has 0 heterocycles. The molecule has 0 spiro atoms. The second-order valence-corrected chi connectivity index (χ2v) is 5.55. The molecule has 0 aliphatic heterocycles. The van der Waals surface area contributed by atoms with Gasteiger partial charge in [0.15, 0.2) is 0 Å². The highest BCUT2D eigenvalue weighted by Gasteiger charge is 2.12. The third kappa shape index (κ3) is 3.08. The highest BCUT2D eigenvalue weighted by atomic mass is 35.5. The van der Waals surface area contributed by atoms with E-state index in [1.165, 1.54) is 16.3 Å². The molecular formula is C18H17ClN2. The van der Waals surface area contributed by atoms with E-state index >= 15 is 0 Å². The molecule has 1 atom stereocenters. The van der Waals surface area contributed by atoms with Gasteiger partial charge in [-0.25, -0.2) is 0 Å².